The van der Waals surface area contributed by atoms with Gasteiger partial charge in [0, 0.05) is 26.6 Å². The van der Waals surface area contributed by atoms with Crippen LogP contribution in [0.15, 0.2) is 44.9 Å². The number of hydrogen-bond acceptors (Lipinski definition) is 5. The number of benzene rings is 1. The summed E-state index contributed by atoms with van der Waals surface area (Å²) in [6, 6.07) is 7.95. The summed E-state index contributed by atoms with van der Waals surface area (Å²) in [5.41, 5.74) is 1.94. The van der Waals surface area contributed by atoms with E-state index >= 15 is 0 Å². The lowest BCUT2D eigenvalue weighted by Crippen LogP contribution is -2.41. The van der Waals surface area contributed by atoms with Crippen LogP contribution in [0.2, 0.25) is 5.02 Å². The van der Waals surface area contributed by atoms with Gasteiger partial charge in [-0.15, -0.1) is 0 Å². The number of fused-ring (bicyclic) bond motifs is 1. The third-order valence-electron chi connectivity index (χ3n) is 4.71. The van der Waals surface area contributed by atoms with Crippen LogP contribution in [-0.4, -0.2) is 34.2 Å². The maximum atomic E-state index is 11.7. The van der Waals surface area contributed by atoms with Crippen molar-refractivity contribution in [1.82, 2.24) is 4.90 Å². The second-order valence-corrected chi connectivity index (χ2v) is 7.92. The standard InChI is InChI=1S/C18H21ClN2O2S/c1-11(22)10-21-12(2)18(24-14-8-6-13(19)7-9-14)17-15(20-23)4-3-5-16(17)21/h6-9,16-17,23H,3-5,10H2,1-2H3/b20-15-. The number of halogens is 1. The highest BCUT2D eigenvalue weighted by atomic mass is 35.5. The van der Waals surface area contributed by atoms with E-state index in [-0.39, 0.29) is 17.7 Å². The van der Waals surface area contributed by atoms with Crippen LogP contribution in [0.5, 0.6) is 0 Å². The van der Waals surface area contributed by atoms with Crippen molar-refractivity contribution in [2.75, 3.05) is 6.54 Å². The van der Waals surface area contributed by atoms with E-state index in [4.69, 9.17) is 11.6 Å². The maximum Gasteiger partial charge on any atom is 0.149 e. The van der Waals surface area contributed by atoms with Gasteiger partial charge in [0.25, 0.3) is 0 Å². The fourth-order valence-electron chi connectivity index (χ4n) is 3.67. The molecular weight excluding hydrogens is 344 g/mol. The normalized spacial score (nSPS) is 25.3. The van der Waals surface area contributed by atoms with Crippen molar-refractivity contribution in [2.45, 2.75) is 44.0 Å². The molecule has 2 atom stereocenters. The molecule has 0 spiro atoms. The van der Waals surface area contributed by atoms with Gasteiger partial charge in [-0.25, -0.2) is 0 Å². The molecule has 0 amide bonds. The van der Waals surface area contributed by atoms with Crippen LogP contribution in [0, 0.1) is 5.92 Å². The van der Waals surface area contributed by atoms with Gasteiger partial charge in [-0.1, -0.05) is 28.5 Å². The molecule has 0 bridgehead atoms. The number of oxime groups is 1. The zero-order valence-corrected chi connectivity index (χ0v) is 15.4. The van der Waals surface area contributed by atoms with Crippen LogP contribution in [0.3, 0.4) is 0 Å². The molecule has 0 aromatic heterocycles. The van der Waals surface area contributed by atoms with E-state index in [1.54, 1.807) is 18.7 Å². The lowest BCUT2D eigenvalue weighted by molar-refractivity contribution is -0.118. The zero-order chi connectivity index (χ0) is 17.3. The average molecular weight is 365 g/mol. The number of carbonyl (C=O) groups is 1. The summed E-state index contributed by atoms with van der Waals surface area (Å²) >= 11 is 7.65. The molecule has 0 radical (unpaired) electrons. The van der Waals surface area contributed by atoms with E-state index in [2.05, 4.69) is 17.0 Å². The molecule has 1 N–H and O–H groups in total. The SMILES string of the molecule is CC(=O)CN1C(C)=C(Sc2ccc(Cl)cc2)C2/C(=N\O)CCCC21. The Morgan fingerprint density at radius 3 is 2.75 bits per heavy atom. The van der Waals surface area contributed by atoms with Crippen LogP contribution in [0.25, 0.3) is 0 Å². The van der Waals surface area contributed by atoms with Crippen LogP contribution >= 0.6 is 23.4 Å². The van der Waals surface area contributed by atoms with Crippen molar-refractivity contribution in [1.29, 1.82) is 0 Å². The largest absolute Gasteiger partial charge is 0.411 e. The number of hydrogen-bond donors (Lipinski definition) is 1. The van der Waals surface area contributed by atoms with Gasteiger partial charge in [0.2, 0.25) is 0 Å². The van der Waals surface area contributed by atoms with Crippen LogP contribution in [0.1, 0.15) is 33.1 Å². The van der Waals surface area contributed by atoms with E-state index < -0.39 is 0 Å². The predicted octanol–water partition coefficient (Wildman–Crippen LogP) is 4.57. The summed E-state index contributed by atoms with van der Waals surface area (Å²) in [6.07, 6.45) is 2.81. The minimum Gasteiger partial charge on any atom is -0.411 e. The number of allylic oxidation sites excluding steroid dienone is 1. The number of carbonyl (C=O) groups excluding carboxylic acids is 1. The van der Waals surface area contributed by atoms with E-state index in [1.165, 1.54) is 4.91 Å². The Morgan fingerprint density at radius 2 is 2.12 bits per heavy atom. The molecule has 1 aliphatic carbocycles. The molecule has 1 heterocycles. The molecule has 1 fully saturated rings. The van der Waals surface area contributed by atoms with Crippen molar-refractivity contribution < 1.29 is 10.0 Å². The number of Topliss-reactive ketones (excluding diaryl/α,β-unsaturated/α-hetero) is 1. The summed E-state index contributed by atoms with van der Waals surface area (Å²) in [6.45, 7) is 4.10. The minimum atomic E-state index is 0.0729. The summed E-state index contributed by atoms with van der Waals surface area (Å²) in [7, 11) is 0. The Hall–Kier alpha value is -1.46. The molecule has 128 valence electrons. The lowest BCUT2D eigenvalue weighted by atomic mass is 9.84. The van der Waals surface area contributed by atoms with Gasteiger partial charge in [-0.05, 0) is 57.4 Å². The van der Waals surface area contributed by atoms with Crippen molar-refractivity contribution in [3.05, 3.63) is 39.9 Å². The Kier molecular flexibility index (Phi) is 5.21. The summed E-state index contributed by atoms with van der Waals surface area (Å²) in [5.74, 6) is 0.225. The summed E-state index contributed by atoms with van der Waals surface area (Å²) < 4.78 is 0. The van der Waals surface area contributed by atoms with Crippen molar-refractivity contribution in [3.8, 4) is 0 Å². The first-order valence-electron chi connectivity index (χ1n) is 8.12. The number of ketones is 1. The van der Waals surface area contributed by atoms with Crippen LogP contribution < -0.4 is 0 Å². The minimum absolute atomic E-state index is 0.0729. The quantitative estimate of drug-likeness (QED) is 0.628. The summed E-state index contributed by atoms with van der Waals surface area (Å²) in [4.78, 5) is 16.2. The first kappa shape index (κ1) is 17.4. The molecule has 0 saturated heterocycles. The molecule has 1 aromatic rings. The first-order chi connectivity index (χ1) is 11.5. The Morgan fingerprint density at radius 1 is 1.42 bits per heavy atom. The highest BCUT2D eigenvalue weighted by Gasteiger charge is 2.44. The third-order valence-corrected chi connectivity index (χ3v) is 6.24. The van der Waals surface area contributed by atoms with Gasteiger partial charge < -0.3 is 10.1 Å². The van der Waals surface area contributed by atoms with Gasteiger partial charge in [-0.3, -0.25) is 4.79 Å². The molecule has 6 heteroatoms. The number of thioether (sulfide) groups is 1. The van der Waals surface area contributed by atoms with Gasteiger partial charge in [0.15, 0.2) is 0 Å². The van der Waals surface area contributed by atoms with E-state index in [1.807, 2.05) is 24.3 Å². The highest BCUT2D eigenvalue weighted by molar-refractivity contribution is 8.03. The fraction of sp³-hybridized carbons (Fsp3) is 0.444. The van der Waals surface area contributed by atoms with Crippen LogP contribution in [-0.2, 0) is 4.79 Å². The summed E-state index contributed by atoms with van der Waals surface area (Å²) in [5, 5.41) is 13.8. The molecule has 1 aliphatic heterocycles. The van der Waals surface area contributed by atoms with Gasteiger partial charge in [0.05, 0.1) is 18.2 Å². The molecule has 4 nitrogen and oxygen atoms in total. The number of rotatable bonds is 4. The smallest absolute Gasteiger partial charge is 0.149 e. The predicted molar refractivity (Wildman–Crippen MR) is 97.7 cm³/mol. The fourth-order valence-corrected chi connectivity index (χ4v) is 5.01. The van der Waals surface area contributed by atoms with Gasteiger partial charge >= 0.3 is 0 Å². The second kappa shape index (κ2) is 7.19. The van der Waals surface area contributed by atoms with E-state index in [0.717, 1.165) is 35.6 Å². The number of nitrogens with zero attached hydrogens (tertiary/aromatic N) is 2. The maximum absolute atomic E-state index is 11.7. The third kappa shape index (κ3) is 3.33. The molecule has 3 rings (SSSR count). The molecule has 1 aromatic carbocycles. The van der Waals surface area contributed by atoms with Gasteiger partial charge in [-0.2, -0.15) is 0 Å². The molecule has 1 saturated carbocycles. The first-order valence-corrected chi connectivity index (χ1v) is 9.31. The molecular formula is C18H21ClN2O2S. The second-order valence-electron chi connectivity index (χ2n) is 6.36. The Labute approximate surface area is 151 Å². The van der Waals surface area contributed by atoms with Crippen molar-refractivity contribution in [3.63, 3.8) is 0 Å². The van der Waals surface area contributed by atoms with Crippen LogP contribution in [0.4, 0.5) is 0 Å². The van der Waals surface area contributed by atoms with Gasteiger partial charge in [0.1, 0.15) is 5.78 Å². The zero-order valence-electron chi connectivity index (χ0n) is 13.8. The molecule has 2 aliphatic rings. The molecule has 2 unspecified atom stereocenters. The monoisotopic (exact) mass is 364 g/mol. The average Bonchev–Trinajstić information content (AvgIpc) is 2.82. The van der Waals surface area contributed by atoms with Crippen molar-refractivity contribution >= 4 is 34.9 Å². The Bertz CT molecular complexity index is 699. The van der Waals surface area contributed by atoms with Crippen molar-refractivity contribution in [2.24, 2.45) is 11.1 Å². The van der Waals surface area contributed by atoms with E-state index in [0.29, 0.717) is 11.6 Å². The Balaban J connectivity index is 1.96. The molecule has 24 heavy (non-hydrogen) atoms. The lowest BCUT2D eigenvalue weighted by Gasteiger charge is -2.34. The van der Waals surface area contributed by atoms with E-state index in [9.17, 15) is 10.0 Å². The topological polar surface area (TPSA) is 52.9 Å². The highest BCUT2D eigenvalue weighted by Crippen LogP contribution is 2.48.